The number of carbonyl (C=O) groups excluding carboxylic acids is 1. The van der Waals surface area contributed by atoms with Crippen molar-refractivity contribution in [1.82, 2.24) is 9.88 Å². The SMILES string of the molecule is O=C(Cl)c1ccc(N2CCC(CC3CCN(C4CCC4)CC3)CC2)cn1. The molecule has 0 N–H and O–H groups in total. The smallest absolute Gasteiger partial charge is 0.270 e. The first kappa shape index (κ1) is 18.2. The third-order valence-corrected chi connectivity index (χ3v) is 7.03. The Morgan fingerprint density at radius 3 is 2.15 bits per heavy atom. The van der Waals surface area contributed by atoms with Crippen LogP contribution in [0.5, 0.6) is 0 Å². The van der Waals surface area contributed by atoms with Crippen molar-refractivity contribution in [1.29, 1.82) is 0 Å². The summed E-state index contributed by atoms with van der Waals surface area (Å²) in [7, 11) is 0. The van der Waals surface area contributed by atoms with Crippen LogP contribution in [-0.4, -0.2) is 47.3 Å². The lowest BCUT2D eigenvalue weighted by molar-refractivity contribution is 0.0772. The van der Waals surface area contributed by atoms with Crippen LogP contribution in [0, 0.1) is 11.8 Å². The molecule has 3 fully saturated rings. The molecule has 0 bridgehead atoms. The fourth-order valence-electron chi connectivity index (χ4n) is 4.89. The van der Waals surface area contributed by atoms with Gasteiger partial charge in [-0.05, 0) is 93.6 Å². The average molecular weight is 376 g/mol. The molecule has 0 atom stereocenters. The molecule has 1 aromatic rings. The fourth-order valence-corrected chi connectivity index (χ4v) is 5.01. The first-order chi connectivity index (χ1) is 12.7. The molecule has 1 aliphatic carbocycles. The van der Waals surface area contributed by atoms with Crippen LogP contribution in [0.2, 0.25) is 0 Å². The predicted octanol–water partition coefficient (Wildman–Crippen LogP) is 4.33. The Hall–Kier alpha value is -1.13. The third kappa shape index (κ3) is 4.23. The lowest BCUT2D eigenvalue weighted by Gasteiger charge is -2.43. The molecule has 0 spiro atoms. The number of halogens is 1. The van der Waals surface area contributed by atoms with E-state index in [0.717, 1.165) is 36.7 Å². The zero-order valence-electron chi connectivity index (χ0n) is 15.6. The van der Waals surface area contributed by atoms with Gasteiger partial charge < -0.3 is 9.80 Å². The molecule has 0 unspecified atom stereocenters. The largest absolute Gasteiger partial charge is 0.370 e. The first-order valence-corrected chi connectivity index (χ1v) is 10.7. The minimum absolute atomic E-state index is 0.332. The lowest BCUT2D eigenvalue weighted by atomic mass is 9.81. The summed E-state index contributed by atoms with van der Waals surface area (Å²) in [6, 6.07) is 4.62. The van der Waals surface area contributed by atoms with Crippen LogP contribution in [0.1, 0.15) is 61.9 Å². The maximum Gasteiger partial charge on any atom is 0.270 e. The van der Waals surface area contributed by atoms with Crippen LogP contribution >= 0.6 is 11.6 Å². The van der Waals surface area contributed by atoms with Gasteiger partial charge in [-0.3, -0.25) is 4.79 Å². The van der Waals surface area contributed by atoms with Crippen molar-refractivity contribution in [2.75, 3.05) is 31.1 Å². The minimum atomic E-state index is -0.487. The van der Waals surface area contributed by atoms with Gasteiger partial charge in [-0.1, -0.05) is 6.42 Å². The molecule has 0 aromatic carbocycles. The van der Waals surface area contributed by atoms with Crippen molar-refractivity contribution in [3.63, 3.8) is 0 Å². The van der Waals surface area contributed by atoms with Gasteiger partial charge in [0.1, 0.15) is 5.69 Å². The highest BCUT2D eigenvalue weighted by Gasteiger charge is 2.30. The molecule has 0 amide bonds. The normalized spacial score (nSPS) is 23.8. The monoisotopic (exact) mass is 375 g/mol. The molecule has 2 saturated heterocycles. The van der Waals surface area contributed by atoms with E-state index in [1.807, 2.05) is 6.07 Å². The van der Waals surface area contributed by atoms with E-state index < -0.39 is 5.24 Å². The molecule has 3 aliphatic rings. The van der Waals surface area contributed by atoms with Gasteiger partial charge in [0.05, 0.1) is 11.9 Å². The Bertz CT molecular complexity index is 600. The second kappa shape index (κ2) is 8.26. The first-order valence-electron chi connectivity index (χ1n) is 10.3. The Labute approximate surface area is 161 Å². The van der Waals surface area contributed by atoms with Crippen molar-refractivity contribution < 1.29 is 4.79 Å². The summed E-state index contributed by atoms with van der Waals surface area (Å²) in [5.41, 5.74) is 1.44. The van der Waals surface area contributed by atoms with Gasteiger partial charge in [-0.15, -0.1) is 0 Å². The molecule has 4 nitrogen and oxygen atoms in total. The van der Waals surface area contributed by atoms with Gasteiger partial charge in [0.2, 0.25) is 0 Å². The van der Waals surface area contributed by atoms with Crippen molar-refractivity contribution in [2.45, 2.75) is 57.4 Å². The number of piperidine rings is 2. The van der Waals surface area contributed by atoms with Gasteiger partial charge >= 0.3 is 0 Å². The van der Waals surface area contributed by atoms with E-state index in [4.69, 9.17) is 11.6 Å². The van der Waals surface area contributed by atoms with E-state index in [-0.39, 0.29) is 0 Å². The molecule has 26 heavy (non-hydrogen) atoms. The molecule has 142 valence electrons. The average Bonchev–Trinajstić information content (AvgIpc) is 2.63. The topological polar surface area (TPSA) is 36.4 Å². The van der Waals surface area contributed by atoms with Crippen molar-refractivity contribution >= 4 is 22.5 Å². The van der Waals surface area contributed by atoms with Crippen molar-refractivity contribution in [3.8, 4) is 0 Å². The Balaban J connectivity index is 1.21. The summed E-state index contributed by atoms with van der Waals surface area (Å²) in [5.74, 6) is 1.82. The van der Waals surface area contributed by atoms with Crippen LogP contribution < -0.4 is 4.90 Å². The third-order valence-electron chi connectivity index (χ3n) is 6.84. The van der Waals surface area contributed by atoms with E-state index >= 15 is 0 Å². The molecule has 5 heteroatoms. The zero-order chi connectivity index (χ0) is 17.9. The second-order valence-electron chi connectivity index (χ2n) is 8.41. The summed E-state index contributed by atoms with van der Waals surface area (Å²) >= 11 is 5.47. The van der Waals surface area contributed by atoms with Gasteiger partial charge in [-0.25, -0.2) is 4.98 Å². The summed E-state index contributed by atoms with van der Waals surface area (Å²) in [5, 5.41) is -0.487. The zero-order valence-corrected chi connectivity index (χ0v) is 16.3. The van der Waals surface area contributed by atoms with Gasteiger partial charge in [0, 0.05) is 19.1 Å². The fraction of sp³-hybridized carbons (Fsp3) is 0.714. The number of hydrogen-bond acceptors (Lipinski definition) is 4. The maximum atomic E-state index is 11.1. The highest BCUT2D eigenvalue weighted by molar-refractivity contribution is 6.67. The van der Waals surface area contributed by atoms with Gasteiger partial charge in [0.15, 0.2) is 0 Å². The van der Waals surface area contributed by atoms with Crippen LogP contribution in [0.3, 0.4) is 0 Å². The Morgan fingerprint density at radius 2 is 1.65 bits per heavy atom. The number of hydrogen-bond donors (Lipinski definition) is 0. The van der Waals surface area contributed by atoms with Crippen LogP contribution in [0.4, 0.5) is 5.69 Å². The van der Waals surface area contributed by atoms with E-state index in [9.17, 15) is 4.79 Å². The molecular weight excluding hydrogens is 346 g/mol. The van der Waals surface area contributed by atoms with E-state index in [2.05, 4.69) is 14.8 Å². The molecule has 0 radical (unpaired) electrons. The highest BCUT2D eigenvalue weighted by Crippen LogP contribution is 2.34. The van der Waals surface area contributed by atoms with Crippen molar-refractivity contribution in [3.05, 3.63) is 24.0 Å². The van der Waals surface area contributed by atoms with Crippen molar-refractivity contribution in [2.24, 2.45) is 11.8 Å². The number of likely N-dealkylation sites (tertiary alicyclic amines) is 1. The van der Waals surface area contributed by atoms with Crippen LogP contribution in [0.25, 0.3) is 0 Å². The second-order valence-corrected chi connectivity index (χ2v) is 8.75. The quantitative estimate of drug-likeness (QED) is 0.717. The number of carbonyl (C=O) groups is 1. The van der Waals surface area contributed by atoms with E-state index in [0.29, 0.717) is 5.69 Å². The summed E-state index contributed by atoms with van der Waals surface area (Å²) in [6.07, 6.45) is 12.9. The molecule has 2 aliphatic heterocycles. The molecule has 1 saturated carbocycles. The maximum absolute atomic E-state index is 11.1. The van der Waals surface area contributed by atoms with E-state index in [1.165, 1.54) is 64.5 Å². The summed E-state index contributed by atoms with van der Waals surface area (Å²) in [6.45, 7) is 4.87. The molecule has 4 rings (SSSR count). The standard InChI is InChI=1S/C21H30ClN3O/c22-21(26)20-5-4-19(15-23-20)25-12-8-17(9-13-25)14-16-6-10-24(11-7-16)18-2-1-3-18/h4-5,15-18H,1-3,6-14H2. The Kier molecular flexibility index (Phi) is 5.80. The molecule has 3 heterocycles. The molecule has 1 aromatic heterocycles. The summed E-state index contributed by atoms with van der Waals surface area (Å²) in [4.78, 5) is 20.4. The van der Waals surface area contributed by atoms with Crippen LogP contribution in [-0.2, 0) is 0 Å². The van der Waals surface area contributed by atoms with Gasteiger partial charge in [0.25, 0.3) is 5.24 Å². The van der Waals surface area contributed by atoms with Crippen LogP contribution in [0.15, 0.2) is 18.3 Å². The van der Waals surface area contributed by atoms with E-state index in [1.54, 1.807) is 12.3 Å². The number of aromatic nitrogens is 1. The number of rotatable bonds is 5. The highest BCUT2D eigenvalue weighted by atomic mass is 35.5. The molecular formula is C21H30ClN3O. The number of pyridine rings is 1. The minimum Gasteiger partial charge on any atom is -0.370 e. The Morgan fingerprint density at radius 1 is 1.00 bits per heavy atom. The number of anilines is 1. The lowest BCUT2D eigenvalue weighted by Crippen LogP contribution is -2.45. The van der Waals surface area contributed by atoms with Gasteiger partial charge in [-0.2, -0.15) is 0 Å². The number of nitrogens with zero attached hydrogens (tertiary/aromatic N) is 3. The predicted molar refractivity (Wildman–Crippen MR) is 106 cm³/mol. The summed E-state index contributed by atoms with van der Waals surface area (Å²) < 4.78 is 0.